The molecule has 0 aliphatic carbocycles. The summed E-state index contributed by atoms with van der Waals surface area (Å²) in [5.74, 6) is 0.487. The van der Waals surface area contributed by atoms with Gasteiger partial charge in [-0.05, 0) is 35.9 Å². The van der Waals surface area contributed by atoms with Gasteiger partial charge in [0.25, 0.3) is 11.8 Å². The topological polar surface area (TPSA) is 80.6 Å². The Morgan fingerprint density at radius 1 is 0.963 bits per heavy atom. The lowest BCUT2D eigenvalue weighted by Crippen LogP contribution is -2.23. The molecule has 6 heteroatoms. The van der Waals surface area contributed by atoms with Crippen LogP contribution in [0.2, 0.25) is 0 Å². The Labute approximate surface area is 157 Å². The van der Waals surface area contributed by atoms with E-state index in [-0.39, 0.29) is 24.2 Å². The molecule has 27 heavy (non-hydrogen) atoms. The fraction of sp³-hybridized carbons (Fsp3) is 0.143. The second-order valence-electron chi connectivity index (χ2n) is 5.84. The number of ether oxygens (including phenoxy) is 1. The van der Waals surface area contributed by atoms with Crippen molar-refractivity contribution >= 4 is 11.8 Å². The summed E-state index contributed by atoms with van der Waals surface area (Å²) in [6, 6.07) is 18.1. The van der Waals surface area contributed by atoms with Crippen molar-refractivity contribution in [2.24, 2.45) is 0 Å². The van der Waals surface area contributed by atoms with Gasteiger partial charge in [0, 0.05) is 24.7 Å². The lowest BCUT2D eigenvalue weighted by molar-refractivity contribution is 0.0918. The summed E-state index contributed by atoms with van der Waals surface area (Å²) in [7, 11) is 1.58. The Hall–Kier alpha value is -3.54. The summed E-state index contributed by atoms with van der Waals surface area (Å²) >= 11 is 0. The molecule has 0 unspecified atom stereocenters. The number of benzene rings is 2. The quantitative estimate of drug-likeness (QED) is 0.675. The van der Waals surface area contributed by atoms with Crippen LogP contribution < -0.4 is 15.4 Å². The summed E-state index contributed by atoms with van der Waals surface area (Å²) in [5, 5.41) is 5.38. The highest BCUT2D eigenvalue weighted by molar-refractivity contribution is 5.94. The molecule has 0 bridgehead atoms. The number of amides is 2. The first-order chi connectivity index (χ1) is 13.2. The van der Waals surface area contributed by atoms with E-state index in [1.807, 2.05) is 30.3 Å². The summed E-state index contributed by atoms with van der Waals surface area (Å²) in [6.07, 6.45) is 1.47. The zero-order chi connectivity index (χ0) is 19.1. The Bertz CT molecular complexity index is 901. The van der Waals surface area contributed by atoms with Gasteiger partial charge in [0.05, 0.1) is 6.26 Å². The molecule has 0 spiro atoms. The number of rotatable bonds is 7. The third-order valence-corrected chi connectivity index (χ3v) is 3.99. The summed E-state index contributed by atoms with van der Waals surface area (Å²) in [6.45, 7) is 0.566. The number of nitrogens with one attached hydrogen (secondary N) is 2. The molecule has 0 radical (unpaired) electrons. The molecule has 2 N–H and O–H groups in total. The average Bonchev–Trinajstić information content (AvgIpc) is 3.20. The van der Waals surface area contributed by atoms with Crippen LogP contribution in [0.5, 0.6) is 5.75 Å². The third-order valence-electron chi connectivity index (χ3n) is 3.99. The molecular formula is C21H20N2O4. The van der Waals surface area contributed by atoms with E-state index in [9.17, 15) is 9.59 Å². The maximum Gasteiger partial charge on any atom is 0.287 e. The van der Waals surface area contributed by atoms with Crippen molar-refractivity contribution in [2.45, 2.75) is 13.2 Å². The molecule has 2 amide bonds. The van der Waals surface area contributed by atoms with Gasteiger partial charge in [-0.2, -0.15) is 0 Å². The Kier molecular flexibility index (Phi) is 5.89. The maximum atomic E-state index is 12.4. The molecule has 6 nitrogen and oxygen atoms in total. The van der Waals surface area contributed by atoms with E-state index in [1.54, 1.807) is 37.4 Å². The predicted octanol–water partition coefficient (Wildman–Crippen LogP) is 3.15. The van der Waals surface area contributed by atoms with Crippen molar-refractivity contribution in [3.8, 4) is 5.75 Å². The van der Waals surface area contributed by atoms with Gasteiger partial charge >= 0.3 is 0 Å². The van der Waals surface area contributed by atoms with Crippen LogP contribution in [-0.2, 0) is 13.2 Å². The zero-order valence-corrected chi connectivity index (χ0v) is 14.9. The van der Waals surface area contributed by atoms with Crippen molar-refractivity contribution in [3.05, 3.63) is 89.4 Å². The largest absolute Gasteiger partial charge is 0.489 e. The van der Waals surface area contributed by atoms with E-state index in [0.29, 0.717) is 17.7 Å². The van der Waals surface area contributed by atoms with Gasteiger partial charge in [-0.25, -0.2) is 0 Å². The number of furan rings is 1. The van der Waals surface area contributed by atoms with Crippen molar-refractivity contribution < 1.29 is 18.7 Å². The first kappa shape index (κ1) is 18.3. The monoisotopic (exact) mass is 364 g/mol. The Morgan fingerprint density at radius 2 is 1.70 bits per heavy atom. The molecular weight excluding hydrogens is 344 g/mol. The van der Waals surface area contributed by atoms with Crippen LogP contribution >= 0.6 is 0 Å². The molecule has 0 fully saturated rings. The summed E-state index contributed by atoms with van der Waals surface area (Å²) < 4.78 is 11.0. The smallest absolute Gasteiger partial charge is 0.287 e. The maximum absolute atomic E-state index is 12.4. The van der Waals surface area contributed by atoms with Gasteiger partial charge in [0.1, 0.15) is 12.4 Å². The average molecular weight is 364 g/mol. The van der Waals surface area contributed by atoms with E-state index >= 15 is 0 Å². The van der Waals surface area contributed by atoms with Crippen molar-refractivity contribution in [1.29, 1.82) is 0 Å². The first-order valence-corrected chi connectivity index (χ1v) is 8.51. The fourth-order valence-electron chi connectivity index (χ4n) is 2.51. The molecule has 2 aromatic carbocycles. The standard InChI is InChI=1S/C21H20N2O4/c1-22-20(24)16-9-7-15(8-10-16)13-23-21(25)19-17(11-12-26-19)14-27-18-5-3-2-4-6-18/h2-12H,13-14H2,1H3,(H,22,24)(H,23,25). The normalized spacial score (nSPS) is 10.3. The van der Waals surface area contributed by atoms with Crippen molar-refractivity contribution in [3.63, 3.8) is 0 Å². The van der Waals surface area contributed by atoms with Crippen molar-refractivity contribution in [1.82, 2.24) is 10.6 Å². The van der Waals surface area contributed by atoms with E-state index in [0.717, 1.165) is 11.3 Å². The van der Waals surface area contributed by atoms with Crippen LogP contribution in [0.4, 0.5) is 0 Å². The van der Waals surface area contributed by atoms with Crippen LogP contribution in [0.3, 0.4) is 0 Å². The molecule has 0 saturated heterocycles. The SMILES string of the molecule is CNC(=O)c1ccc(CNC(=O)c2occc2COc2ccccc2)cc1. The van der Waals surface area contributed by atoms with Crippen molar-refractivity contribution in [2.75, 3.05) is 7.05 Å². The number of para-hydroxylation sites is 1. The molecule has 0 saturated carbocycles. The predicted molar refractivity (Wildman–Crippen MR) is 100 cm³/mol. The molecule has 0 aliphatic rings. The van der Waals surface area contributed by atoms with Gasteiger partial charge in [0.15, 0.2) is 5.76 Å². The fourth-order valence-corrected chi connectivity index (χ4v) is 2.51. The van der Waals surface area contributed by atoms with Crippen LogP contribution in [0, 0.1) is 0 Å². The van der Waals surface area contributed by atoms with Gasteiger partial charge in [-0.1, -0.05) is 30.3 Å². The molecule has 3 aromatic rings. The molecule has 0 aliphatic heterocycles. The van der Waals surface area contributed by atoms with Gasteiger partial charge in [-0.15, -0.1) is 0 Å². The minimum Gasteiger partial charge on any atom is -0.489 e. The number of carbonyl (C=O) groups is 2. The van der Waals surface area contributed by atoms with Crippen LogP contribution in [-0.4, -0.2) is 18.9 Å². The highest BCUT2D eigenvalue weighted by atomic mass is 16.5. The first-order valence-electron chi connectivity index (χ1n) is 8.51. The minimum atomic E-state index is -0.318. The van der Waals surface area contributed by atoms with E-state index in [2.05, 4.69) is 10.6 Å². The lowest BCUT2D eigenvalue weighted by atomic mass is 10.1. The molecule has 0 atom stereocenters. The second-order valence-corrected chi connectivity index (χ2v) is 5.84. The highest BCUT2D eigenvalue weighted by Crippen LogP contribution is 2.16. The number of hydrogen-bond acceptors (Lipinski definition) is 4. The van der Waals surface area contributed by atoms with E-state index in [4.69, 9.17) is 9.15 Å². The summed E-state index contributed by atoms with van der Waals surface area (Å²) in [5.41, 5.74) is 2.12. The van der Waals surface area contributed by atoms with Gasteiger partial charge < -0.3 is 19.8 Å². The summed E-state index contributed by atoms with van der Waals surface area (Å²) in [4.78, 5) is 24.0. The zero-order valence-electron chi connectivity index (χ0n) is 14.9. The Morgan fingerprint density at radius 3 is 2.41 bits per heavy atom. The lowest BCUT2D eigenvalue weighted by Gasteiger charge is -2.08. The van der Waals surface area contributed by atoms with E-state index < -0.39 is 0 Å². The molecule has 138 valence electrons. The molecule has 1 aromatic heterocycles. The van der Waals surface area contributed by atoms with Gasteiger partial charge in [0.2, 0.25) is 0 Å². The number of carbonyl (C=O) groups excluding carboxylic acids is 2. The third kappa shape index (κ3) is 4.76. The Balaban J connectivity index is 1.57. The van der Waals surface area contributed by atoms with Crippen LogP contribution in [0.1, 0.15) is 32.0 Å². The van der Waals surface area contributed by atoms with Crippen LogP contribution in [0.25, 0.3) is 0 Å². The highest BCUT2D eigenvalue weighted by Gasteiger charge is 2.15. The second kappa shape index (κ2) is 8.71. The molecule has 3 rings (SSSR count). The van der Waals surface area contributed by atoms with Gasteiger partial charge in [-0.3, -0.25) is 9.59 Å². The minimum absolute atomic E-state index is 0.149. The van der Waals surface area contributed by atoms with Crippen LogP contribution in [0.15, 0.2) is 71.3 Å². The number of hydrogen-bond donors (Lipinski definition) is 2. The van der Waals surface area contributed by atoms with E-state index in [1.165, 1.54) is 6.26 Å². The molecule has 1 heterocycles.